The third-order valence-corrected chi connectivity index (χ3v) is 2.89. The molecule has 0 saturated heterocycles. The van der Waals surface area contributed by atoms with Crippen LogP contribution in [0.4, 0.5) is 0 Å². The van der Waals surface area contributed by atoms with Crippen LogP contribution in [0.2, 0.25) is 0 Å². The minimum Gasteiger partial charge on any atom is -0.508 e. The van der Waals surface area contributed by atoms with Gasteiger partial charge in [-0.1, -0.05) is 12.1 Å². The molecular formula is C11H11NOS. The fraction of sp³-hybridized carbons (Fsp3) is 0.182. The molecule has 2 nitrogen and oxygen atoms in total. The topological polar surface area (TPSA) is 33.1 Å². The first kappa shape index (κ1) is 9.21. The molecule has 0 aliphatic rings. The summed E-state index contributed by atoms with van der Waals surface area (Å²) in [6.45, 7) is 0. The monoisotopic (exact) mass is 205 g/mol. The van der Waals surface area contributed by atoms with Crippen LogP contribution in [0.25, 0.3) is 0 Å². The standard InChI is InChI=1S/C11H11NOS/c13-10-4-1-9(2-5-10)3-6-11-12-7-8-14-11/h1-2,4-5,7-8,13H,3,6H2. The molecule has 0 aliphatic heterocycles. The summed E-state index contributed by atoms with van der Waals surface area (Å²) >= 11 is 1.68. The van der Waals surface area contributed by atoms with Crippen molar-refractivity contribution in [3.8, 4) is 5.75 Å². The molecule has 1 N–H and O–H groups in total. The van der Waals surface area contributed by atoms with E-state index in [4.69, 9.17) is 5.11 Å². The number of aromatic hydroxyl groups is 1. The third-order valence-electron chi connectivity index (χ3n) is 2.05. The average molecular weight is 205 g/mol. The number of phenols is 1. The van der Waals surface area contributed by atoms with Crippen molar-refractivity contribution in [3.05, 3.63) is 46.4 Å². The lowest BCUT2D eigenvalue weighted by Crippen LogP contribution is -1.89. The predicted molar refractivity (Wildman–Crippen MR) is 57.6 cm³/mol. The second-order valence-corrected chi connectivity index (χ2v) is 4.07. The fourth-order valence-electron chi connectivity index (χ4n) is 1.29. The number of aromatic nitrogens is 1. The molecule has 0 spiro atoms. The molecule has 2 aromatic rings. The first-order chi connectivity index (χ1) is 6.84. The summed E-state index contributed by atoms with van der Waals surface area (Å²) in [6, 6.07) is 7.33. The molecule has 0 amide bonds. The lowest BCUT2D eigenvalue weighted by atomic mass is 10.1. The minimum absolute atomic E-state index is 0.322. The Morgan fingerprint density at radius 2 is 1.93 bits per heavy atom. The van der Waals surface area contributed by atoms with Crippen LogP contribution in [0.5, 0.6) is 5.75 Å². The van der Waals surface area contributed by atoms with E-state index < -0.39 is 0 Å². The molecule has 1 heterocycles. The molecule has 3 heteroatoms. The van der Waals surface area contributed by atoms with E-state index in [1.54, 1.807) is 23.5 Å². The van der Waals surface area contributed by atoms with E-state index in [9.17, 15) is 0 Å². The largest absolute Gasteiger partial charge is 0.508 e. The molecule has 0 aliphatic carbocycles. The Balaban J connectivity index is 1.95. The molecule has 14 heavy (non-hydrogen) atoms. The summed E-state index contributed by atoms with van der Waals surface area (Å²) in [5, 5.41) is 12.3. The van der Waals surface area contributed by atoms with Crippen molar-refractivity contribution in [1.29, 1.82) is 0 Å². The van der Waals surface area contributed by atoms with Gasteiger partial charge >= 0.3 is 0 Å². The highest BCUT2D eigenvalue weighted by Crippen LogP contribution is 2.13. The number of aryl methyl sites for hydroxylation is 2. The number of hydrogen-bond donors (Lipinski definition) is 1. The Morgan fingerprint density at radius 1 is 1.14 bits per heavy atom. The van der Waals surface area contributed by atoms with Crippen molar-refractivity contribution in [1.82, 2.24) is 4.98 Å². The van der Waals surface area contributed by atoms with Gasteiger partial charge < -0.3 is 5.11 Å². The van der Waals surface area contributed by atoms with Crippen molar-refractivity contribution in [2.24, 2.45) is 0 Å². The SMILES string of the molecule is Oc1ccc(CCc2nccs2)cc1. The highest BCUT2D eigenvalue weighted by molar-refractivity contribution is 7.09. The number of thiazole rings is 1. The van der Waals surface area contributed by atoms with Crippen molar-refractivity contribution in [3.63, 3.8) is 0 Å². The van der Waals surface area contributed by atoms with Crippen molar-refractivity contribution in [2.45, 2.75) is 12.8 Å². The van der Waals surface area contributed by atoms with Crippen LogP contribution in [0, 0.1) is 0 Å². The molecule has 2 rings (SSSR count). The number of hydrogen-bond acceptors (Lipinski definition) is 3. The predicted octanol–water partition coefficient (Wildman–Crippen LogP) is 2.63. The summed E-state index contributed by atoms with van der Waals surface area (Å²) in [5.74, 6) is 0.322. The van der Waals surface area contributed by atoms with Gasteiger partial charge in [-0.15, -0.1) is 11.3 Å². The van der Waals surface area contributed by atoms with Crippen LogP contribution < -0.4 is 0 Å². The van der Waals surface area contributed by atoms with Gasteiger partial charge in [0.1, 0.15) is 5.75 Å². The molecule has 0 radical (unpaired) electrons. The molecular weight excluding hydrogens is 194 g/mol. The van der Waals surface area contributed by atoms with E-state index in [1.807, 2.05) is 23.7 Å². The number of rotatable bonds is 3. The van der Waals surface area contributed by atoms with E-state index in [-0.39, 0.29) is 0 Å². The number of benzene rings is 1. The molecule has 0 saturated carbocycles. The van der Waals surface area contributed by atoms with Crippen LogP contribution >= 0.6 is 11.3 Å². The van der Waals surface area contributed by atoms with Gasteiger partial charge in [-0.05, 0) is 24.1 Å². The Kier molecular flexibility index (Phi) is 2.79. The summed E-state index contributed by atoms with van der Waals surface area (Å²) in [4.78, 5) is 4.22. The van der Waals surface area contributed by atoms with Crippen LogP contribution in [-0.4, -0.2) is 10.1 Å². The summed E-state index contributed by atoms with van der Waals surface area (Å²) in [7, 11) is 0. The maximum atomic E-state index is 9.10. The number of nitrogens with zero attached hydrogens (tertiary/aromatic N) is 1. The van der Waals surface area contributed by atoms with E-state index >= 15 is 0 Å². The zero-order chi connectivity index (χ0) is 9.80. The second kappa shape index (κ2) is 4.24. The zero-order valence-electron chi connectivity index (χ0n) is 7.68. The van der Waals surface area contributed by atoms with Crippen molar-refractivity contribution < 1.29 is 5.11 Å². The Labute approximate surface area is 86.9 Å². The van der Waals surface area contributed by atoms with Gasteiger partial charge in [-0.25, -0.2) is 4.98 Å². The summed E-state index contributed by atoms with van der Waals surface area (Å²) in [5.41, 5.74) is 1.23. The quantitative estimate of drug-likeness (QED) is 0.835. The average Bonchev–Trinajstić information content (AvgIpc) is 2.70. The van der Waals surface area contributed by atoms with E-state index in [2.05, 4.69) is 4.98 Å². The zero-order valence-corrected chi connectivity index (χ0v) is 8.50. The fourth-order valence-corrected chi connectivity index (χ4v) is 1.91. The maximum Gasteiger partial charge on any atom is 0.115 e. The van der Waals surface area contributed by atoms with Gasteiger partial charge in [0.05, 0.1) is 5.01 Å². The van der Waals surface area contributed by atoms with Gasteiger partial charge in [0, 0.05) is 18.0 Å². The van der Waals surface area contributed by atoms with E-state index in [0.717, 1.165) is 17.8 Å². The Morgan fingerprint density at radius 3 is 2.57 bits per heavy atom. The lowest BCUT2D eigenvalue weighted by Gasteiger charge is -1.98. The van der Waals surface area contributed by atoms with E-state index in [1.165, 1.54) is 5.56 Å². The lowest BCUT2D eigenvalue weighted by molar-refractivity contribution is 0.475. The highest BCUT2D eigenvalue weighted by Gasteiger charge is 1.97. The first-order valence-electron chi connectivity index (χ1n) is 4.51. The van der Waals surface area contributed by atoms with Gasteiger partial charge in [-0.2, -0.15) is 0 Å². The van der Waals surface area contributed by atoms with Gasteiger partial charge in [0.25, 0.3) is 0 Å². The third kappa shape index (κ3) is 2.33. The molecule has 1 aromatic carbocycles. The Bertz CT molecular complexity index is 380. The van der Waals surface area contributed by atoms with Crippen LogP contribution in [0.3, 0.4) is 0 Å². The maximum absolute atomic E-state index is 9.10. The second-order valence-electron chi connectivity index (χ2n) is 3.09. The summed E-state index contributed by atoms with van der Waals surface area (Å²) in [6.07, 6.45) is 3.78. The molecule has 0 atom stereocenters. The normalized spacial score (nSPS) is 10.3. The Hall–Kier alpha value is -1.35. The van der Waals surface area contributed by atoms with Crippen LogP contribution in [-0.2, 0) is 12.8 Å². The molecule has 1 aromatic heterocycles. The van der Waals surface area contributed by atoms with Crippen LogP contribution in [0.1, 0.15) is 10.6 Å². The van der Waals surface area contributed by atoms with Gasteiger partial charge in [0.2, 0.25) is 0 Å². The van der Waals surface area contributed by atoms with Crippen molar-refractivity contribution >= 4 is 11.3 Å². The number of phenolic OH excluding ortho intramolecular Hbond substituents is 1. The highest BCUT2D eigenvalue weighted by atomic mass is 32.1. The smallest absolute Gasteiger partial charge is 0.115 e. The first-order valence-corrected chi connectivity index (χ1v) is 5.39. The molecule has 0 bridgehead atoms. The van der Waals surface area contributed by atoms with E-state index in [0.29, 0.717) is 5.75 Å². The van der Waals surface area contributed by atoms with Crippen molar-refractivity contribution in [2.75, 3.05) is 0 Å². The van der Waals surface area contributed by atoms with Crippen LogP contribution in [0.15, 0.2) is 35.8 Å². The van der Waals surface area contributed by atoms with Gasteiger partial charge in [-0.3, -0.25) is 0 Å². The summed E-state index contributed by atoms with van der Waals surface area (Å²) < 4.78 is 0. The minimum atomic E-state index is 0.322. The molecule has 72 valence electrons. The van der Waals surface area contributed by atoms with Gasteiger partial charge in [0.15, 0.2) is 0 Å². The molecule has 0 fully saturated rings. The molecule has 0 unspecified atom stereocenters.